The molecular weight excluding hydrogens is 450 g/mol. The van der Waals surface area contributed by atoms with E-state index in [0.717, 1.165) is 16.7 Å². The number of ether oxygens (including phenoxy) is 1. The zero-order chi connectivity index (χ0) is 24.9. The van der Waals surface area contributed by atoms with E-state index in [1.807, 2.05) is 43.3 Å². The van der Waals surface area contributed by atoms with Gasteiger partial charge in [0.25, 0.3) is 5.91 Å². The molecule has 3 rings (SSSR count). The van der Waals surface area contributed by atoms with Crippen molar-refractivity contribution in [3.05, 3.63) is 89.2 Å². The first-order chi connectivity index (χ1) is 16.0. The molecule has 34 heavy (non-hydrogen) atoms. The fourth-order valence-electron chi connectivity index (χ4n) is 3.57. The molecule has 0 saturated carbocycles. The monoisotopic (exact) mass is 481 g/mol. The van der Waals surface area contributed by atoms with Crippen LogP contribution in [0.1, 0.15) is 47.8 Å². The van der Waals surface area contributed by atoms with Gasteiger partial charge in [0, 0.05) is 36.6 Å². The zero-order valence-electron chi connectivity index (χ0n) is 20.2. The summed E-state index contributed by atoms with van der Waals surface area (Å²) >= 11 is 0. The van der Waals surface area contributed by atoms with Crippen LogP contribution in [-0.4, -0.2) is 36.9 Å². The molecule has 0 saturated heterocycles. The third kappa shape index (κ3) is 6.42. The quantitative estimate of drug-likeness (QED) is 0.518. The number of carbonyl (C=O) groups excluding carboxylic acids is 1. The molecule has 1 heterocycles. The standard InChI is InChI=1S/C26H31N3O4S/c1-19-9-6-7-11-22(19)18-29(17-20-10-8-14-27-16-20)25(30)21-12-13-23(33-5)24(15-21)34(31,32)28-26(2,3)4/h6-16,28H,17-18H2,1-5H3. The molecule has 0 radical (unpaired) electrons. The van der Waals surface area contributed by atoms with Gasteiger partial charge in [-0.25, -0.2) is 13.1 Å². The van der Waals surface area contributed by atoms with E-state index < -0.39 is 15.6 Å². The third-order valence-corrected chi connectivity index (χ3v) is 6.93. The zero-order valence-corrected chi connectivity index (χ0v) is 21.0. The first-order valence-corrected chi connectivity index (χ1v) is 12.4. The van der Waals surface area contributed by atoms with E-state index in [0.29, 0.717) is 13.1 Å². The molecule has 0 atom stereocenters. The van der Waals surface area contributed by atoms with Crippen molar-refractivity contribution in [1.82, 2.24) is 14.6 Å². The summed E-state index contributed by atoms with van der Waals surface area (Å²) in [4.78, 5) is 19.4. The maximum absolute atomic E-state index is 13.7. The van der Waals surface area contributed by atoms with E-state index in [1.54, 1.807) is 44.1 Å². The van der Waals surface area contributed by atoms with Crippen molar-refractivity contribution in [1.29, 1.82) is 0 Å². The summed E-state index contributed by atoms with van der Waals surface area (Å²) in [5.74, 6) is -0.118. The highest BCUT2D eigenvalue weighted by atomic mass is 32.2. The Balaban J connectivity index is 2.02. The molecule has 2 aromatic carbocycles. The molecule has 7 nitrogen and oxygen atoms in total. The van der Waals surface area contributed by atoms with Crippen LogP contribution in [0.15, 0.2) is 71.9 Å². The van der Waals surface area contributed by atoms with Crippen molar-refractivity contribution >= 4 is 15.9 Å². The van der Waals surface area contributed by atoms with Gasteiger partial charge >= 0.3 is 0 Å². The second kappa shape index (κ2) is 10.4. The Morgan fingerprint density at radius 1 is 1.06 bits per heavy atom. The molecule has 0 aliphatic carbocycles. The van der Waals surface area contributed by atoms with Crippen LogP contribution in [-0.2, 0) is 23.1 Å². The Morgan fingerprint density at radius 2 is 1.79 bits per heavy atom. The number of hydrogen-bond donors (Lipinski definition) is 1. The van der Waals surface area contributed by atoms with E-state index in [2.05, 4.69) is 9.71 Å². The largest absolute Gasteiger partial charge is 0.495 e. The van der Waals surface area contributed by atoms with Crippen molar-refractivity contribution in [2.24, 2.45) is 0 Å². The van der Waals surface area contributed by atoms with Crippen molar-refractivity contribution in [3.8, 4) is 5.75 Å². The third-order valence-electron chi connectivity index (χ3n) is 5.15. The van der Waals surface area contributed by atoms with E-state index in [4.69, 9.17) is 4.74 Å². The van der Waals surface area contributed by atoms with Crippen LogP contribution in [0.5, 0.6) is 5.75 Å². The Kier molecular flexibility index (Phi) is 7.74. The van der Waals surface area contributed by atoms with E-state index in [9.17, 15) is 13.2 Å². The summed E-state index contributed by atoms with van der Waals surface area (Å²) in [5, 5.41) is 0. The van der Waals surface area contributed by atoms with Gasteiger partial charge in [0.1, 0.15) is 10.6 Å². The van der Waals surface area contributed by atoms with E-state index >= 15 is 0 Å². The molecule has 1 N–H and O–H groups in total. The van der Waals surface area contributed by atoms with Gasteiger partial charge in [-0.15, -0.1) is 0 Å². The first-order valence-electron chi connectivity index (χ1n) is 10.9. The number of pyridine rings is 1. The van der Waals surface area contributed by atoms with Crippen LogP contribution in [0, 0.1) is 6.92 Å². The lowest BCUT2D eigenvalue weighted by molar-refractivity contribution is 0.0729. The smallest absolute Gasteiger partial charge is 0.254 e. The van der Waals surface area contributed by atoms with Crippen LogP contribution >= 0.6 is 0 Å². The number of amides is 1. The average Bonchev–Trinajstić information content (AvgIpc) is 2.78. The molecule has 0 aliphatic rings. The average molecular weight is 482 g/mol. The van der Waals surface area contributed by atoms with Gasteiger partial charge in [-0.1, -0.05) is 30.3 Å². The Bertz CT molecular complexity index is 1250. The number of aryl methyl sites for hydroxylation is 1. The lowest BCUT2D eigenvalue weighted by Gasteiger charge is -2.25. The molecule has 180 valence electrons. The summed E-state index contributed by atoms with van der Waals surface area (Å²) < 4.78 is 34.1. The fourth-order valence-corrected chi connectivity index (χ4v) is 5.18. The number of carbonyl (C=O) groups is 1. The highest BCUT2D eigenvalue weighted by Gasteiger charge is 2.27. The minimum Gasteiger partial charge on any atom is -0.495 e. The topological polar surface area (TPSA) is 88.6 Å². The van der Waals surface area contributed by atoms with E-state index in [1.165, 1.54) is 19.2 Å². The number of aromatic nitrogens is 1. The molecule has 0 unspecified atom stereocenters. The van der Waals surface area contributed by atoms with Crippen molar-refractivity contribution in [3.63, 3.8) is 0 Å². The highest BCUT2D eigenvalue weighted by Crippen LogP contribution is 2.27. The second-order valence-electron chi connectivity index (χ2n) is 9.17. The summed E-state index contributed by atoms with van der Waals surface area (Å²) in [6.45, 7) is 7.96. The molecule has 8 heteroatoms. The molecule has 1 aromatic heterocycles. The molecule has 3 aromatic rings. The number of methoxy groups -OCH3 is 1. The second-order valence-corrected chi connectivity index (χ2v) is 10.8. The maximum atomic E-state index is 13.7. The SMILES string of the molecule is COc1ccc(C(=O)N(Cc2cccnc2)Cc2ccccc2C)cc1S(=O)(=O)NC(C)(C)C. The molecular formula is C26H31N3O4S. The lowest BCUT2D eigenvalue weighted by Crippen LogP contribution is -2.40. The molecule has 1 amide bonds. The Labute approximate surface area is 201 Å². The molecule has 0 aliphatic heterocycles. The van der Waals surface area contributed by atoms with Crippen LogP contribution in [0.4, 0.5) is 0 Å². The number of hydrogen-bond acceptors (Lipinski definition) is 5. The summed E-state index contributed by atoms with van der Waals surface area (Å²) in [6, 6.07) is 16.1. The Hall–Kier alpha value is -3.23. The Morgan fingerprint density at radius 3 is 2.41 bits per heavy atom. The summed E-state index contributed by atoms with van der Waals surface area (Å²) in [6.07, 6.45) is 3.40. The number of benzene rings is 2. The van der Waals surface area contributed by atoms with E-state index in [-0.39, 0.29) is 22.1 Å². The summed E-state index contributed by atoms with van der Waals surface area (Å²) in [5.41, 5.74) is 2.52. The van der Waals surface area contributed by atoms with Crippen molar-refractivity contribution < 1.29 is 17.9 Å². The fraction of sp³-hybridized carbons (Fsp3) is 0.308. The van der Waals surface area contributed by atoms with Crippen LogP contribution < -0.4 is 9.46 Å². The van der Waals surface area contributed by atoms with Crippen LogP contribution in [0.25, 0.3) is 0 Å². The van der Waals surface area contributed by atoms with Gasteiger partial charge in [0.05, 0.1) is 7.11 Å². The van der Waals surface area contributed by atoms with Gasteiger partial charge in [-0.3, -0.25) is 9.78 Å². The predicted molar refractivity (Wildman–Crippen MR) is 132 cm³/mol. The maximum Gasteiger partial charge on any atom is 0.254 e. The number of sulfonamides is 1. The minimum absolute atomic E-state index is 0.0759. The van der Waals surface area contributed by atoms with Crippen LogP contribution in [0.2, 0.25) is 0 Å². The molecule has 0 bridgehead atoms. The number of nitrogens with one attached hydrogen (secondary N) is 1. The number of rotatable bonds is 8. The highest BCUT2D eigenvalue weighted by molar-refractivity contribution is 7.89. The lowest BCUT2D eigenvalue weighted by atomic mass is 10.1. The number of nitrogens with zero attached hydrogens (tertiary/aromatic N) is 2. The van der Waals surface area contributed by atoms with Gasteiger partial charge in [0.2, 0.25) is 10.0 Å². The van der Waals surface area contributed by atoms with Gasteiger partial charge in [-0.05, 0) is 68.7 Å². The summed E-state index contributed by atoms with van der Waals surface area (Å²) in [7, 11) is -2.52. The molecule has 0 fully saturated rings. The minimum atomic E-state index is -3.92. The van der Waals surface area contributed by atoms with Crippen molar-refractivity contribution in [2.75, 3.05) is 7.11 Å². The van der Waals surface area contributed by atoms with Gasteiger partial charge < -0.3 is 9.64 Å². The van der Waals surface area contributed by atoms with Crippen LogP contribution in [0.3, 0.4) is 0 Å². The van der Waals surface area contributed by atoms with Crippen molar-refractivity contribution in [2.45, 2.75) is 51.2 Å². The van der Waals surface area contributed by atoms with Gasteiger partial charge in [-0.2, -0.15) is 0 Å². The predicted octanol–water partition coefficient (Wildman–Crippen LogP) is 4.32. The normalized spacial score (nSPS) is 11.8. The first kappa shape index (κ1) is 25.4. The molecule has 0 spiro atoms. The van der Waals surface area contributed by atoms with Gasteiger partial charge in [0.15, 0.2) is 0 Å².